The molecule has 1 N–H and O–H groups in total. The number of rotatable bonds is 4. The monoisotopic (exact) mass is 286 g/mol. The second kappa shape index (κ2) is 7.59. The van der Waals surface area contributed by atoms with Crippen molar-refractivity contribution in [2.75, 3.05) is 6.61 Å². The molecule has 3 heteroatoms. The Bertz CT molecular complexity index is 609. The van der Waals surface area contributed by atoms with Crippen molar-refractivity contribution in [3.63, 3.8) is 0 Å². The Morgan fingerprint density at radius 3 is 2.50 bits per heavy atom. The molecule has 102 valence electrons. The molecule has 0 radical (unpaired) electrons. The van der Waals surface area contributed by atoms with Crippen LogP contribution in [0.3, 0.4) is 0 Å². The van der Waals surface area contributed by atoms with Crippen LogP contribution in [0.1, 0.15) is 17.5 Å². The summed E-state index contributed by atoms with van der Waals surface area (Å²) in [6.07, 6.45) is 0.491. The summed E-state index contributed by atoms with van der Waals surface area (Å²) in [6.45, 7) is 0.529. The van der Waals surface area contributed by atoms with Crippen LogP contribution in [0.5, 0.6) is 5.75 Å². The van der Waals surface area contributed by atoms with Crippen LogP contribution in [-0.4, -0.2) is 11.7 Å². The number of benzene rings is 2. The van der Waals surface area contributed by atoms with Gasteiger partial charge in [0.15, 0.2) is 0 Å². The average Bonchev–Trinajstić information content (AvgIpc) is 2.48. The third-order valence-corrected chi connectivity index (χ3v) is 3.04. The van der Waals surface area contributed by atoms with E-state index in [2.05, 4.69) is 11.8 Å². The lowest BCUT2D eigenvalue weighted by Gasteiger charge is -2.07. The predicted octanol–water partition coefficient (Wildman–Crippen LogP) is 3.65. The molecule has 0 saturated heterocycles. The fraction of sp³-hybridized carbons (Fsp3) is 0.176. The zero-order valence-electron chi connectivity index (χ0n) is 11.0. The van der Waals surface area contributed by atoms with Gasteiger partial charge in [0.25, 0.3) is 0 Å². The molecule has 2 nitrogen and oxygen atoms in total. The predicted molar refractivity (Wildman–Crippen MR) is 80.8 cm³/mol. The highest BCUT2D eigenvalue weighted by atomic mass is 35.5. The molecular weight excluding hydrogens is 272 g/mol. The molecule has 0 unspecified atom stereocenters. The Morgan fingerprint density at radius 1 is 1.05 bits per heavy atom. The van der Waals surface area contributed by atoms with Gasteiger partial charge in [-0.3, -0.25) is 0 Å². The number of ether oxygens (including phenoxy) is 1. The molecule has 0 aromatic heterocycles. The first-order chi connectivity index (χ1) is 9.79. The zero-order valence-corrected chi connectivity index (χ0v) is 11.7. The van der Waals surface area contributed by atoms with E-state index >= 15 is 0 Å². The quantitative estimate of drug-likeness (QED) is 0.869. The molecule has 2 aromatic carbocycles. The summed E-state index contributed by atoms with van der Waals surface area (Å²) in [4.78, 5) is 0. The SMILES string of the molecule is OCCC#Cc1ccc(OCc2ccccc2Cl)cc1. The smallest absolute Gasteiger partial charge is 0.119 e. The lowest BCUT2D eigenvalue weighted by molar-refractivity contribution is 0.305. The van der Waals surface area contributed by atoms with E-state index in [1.165, 1.54) is 0 Å². The standard InChI is InChI=1S/C17H15ClO2/c18-17-7-2-1-6-15(17)13-20-16-10-8-14(9-11-16)5-3-4-12-19/h1-2,6-11,19H,4,12-13H2. The lowest BCUT2D eigenvalue weighted by Crippen LogP contribution is -1.95. The van der Waals surface area contributed by atoms with E-state index in [0.29, 0.717) is 18.1 Å². The highest BCUT2D eigenvalue weighted by molar-refractivity contribution is 6.31. The van der Waals surface area contributed by atoms with Crippen molar-refractivity contribution in [2.45, 2.75) is 13.0 Å². The van der Waals surface area contributed by atoms with E-state index in [4.69, 9.17) is 21.4 Å². The van der Waals surface area contributed by atoms with Crippen molar-refractivity contribution in [2.24, 2.45) is 0 Å². The van der Waals surface area contributed by atoms with Gasteiger partial charge in [-0.25, -0.2) is 0 Å². The first-order valence-electron chi connectivity index (χ1n) is 6.35. The second-order valence-electron chi connectivity index (χ2n) is 4.18. The fourth-order valence-corrected chi connectivity index (χ4v) is 1.82. The molecule has 0 aliphatic heterocycles. The van der Waals surface area contributed by atoms with Crippen LogP contribution in [0, 0.1) is 11.8 Å². The third-order valence-electron chi connectivity index (χ3n) is 2.68. The highest BCUT2D eigenvalue weighted by Crippen LogP contribution is 2.18. The summed E-state index contributed by atoms with van der Waals surface area (Å²) in [7, 11) is 0. The Kier molecular flexibility index (Phi) is 5.49. The maximum absolute atomic E-state index is 8.66. The van der Waals surface area contributed by atoms with Gasteiger partial charge in [0.2, 0.25) is 0 Å². The minimum absolute atomic E-state index is 0.0893. The maximum atomic E-state index is 8.66. The minimum Gasteiger partial charge on any atom is -0.489 e. The molecule has 2 rings (SSSR count). The first kappa shape index (κ1) is 14.5. The molecule has 0 saturated carbocycles. The van der Waals surface area contributed by atoms with Gasteiger partial charge in [0.05, 0.1) is 6.61 Å². The van der Waals surface area contributed by atoms with E-state index in [-0.39, 0.29) is 6.61 Å². The summed E-state index contributed by atoms with van der Waals surface area (Å²) in [5.41, 5.74) is 1.87. The van der Waals surface area contributed by atoms with E-state index in [0.717, 1.165) is 16.9 Å². The van der Waals surface area contributed by atoms with Gasteiger partial charge in [-0.15, -0.1) is 0 Å². The van der Waals surface area contributed by atoms with Crippen LogP contribution in [0.4, 0.5) is 0 Å². The van der Waals surface area contributed by atoms with Gasteiger partial charge in [-0.2, -0.15) is 0 Å². The van der Waals surface area contributed by atoms with Crippen LogP contribution < -0.4 is 4.74 Å². The number of aliphatic hydroxyl groups is 1. The van der Waals surface area contributed by atoms with Gasteiger partial charge in [0, 0.05) is 22.6 Å². The first-order valence-corrected chi connectivity index (χ1v) is 6.73. The van der Waals surface area contributed by atoms with Crippen molar-refractivity contribution in [1.29, 1.82) is 0 Å². The number of hydrogen-bond donors (Lipinski definition) is 1. The summed E-state index contributed by atoms with van der Waals surface area (Å²) >= 11 is 6.07. The molecule has 0 aliphatic carbocycles. The molecule has 20 heavy (non-hydrogen) atoms. The van der Waals surface area contributed by atoms with Gasteiger partial charge in [-0.1, -0.05) is 41.6 Å². The largest absolute Gasteiger partial charge is 0.489 e. The van der Waals surface area contributed by atoms with Crippen molar-refractivity contribution in [1.82, 2.24) is 0 Å². The summed E-state index contributed by atoms with van der Waals surface area (Å²) in [5.74, 6) is 6.62. The highest BCUT2D eigenvalue weighted by Gasteiger charge is 2.00. The van der Waals surface area contributed by atoms with Crippen molar-refractivity contribution < 1.29 is 9.84 Å². The molecule has 0 bridgehead atoms. The van der Waals surface area contributed by atoms with Gasteiger partial charge >= 0.3 is 0 Å². The number of halogens is 1. The number of hydrogen-bond acceptors (Lipinski definition) is 2. The van der Waals surface area contributed by atoms with Crippen LogP contribution in [0.15, 0.2) is 48.5 Å². The van der Waals surface area contributed by atoms with Crippen LogP contribution >= 0.6 is 11.6 Å². The van der Waals surface area contributed by atoms with Gasteiger partial charge < -0.3 is 9.84 Å². The van der Waals surface area contributed by atoms with Crippen LogP contribution in [-0.2, 0) is 6.61 Å². The Labute approximate surface area is 124 Å². The van der Waals surface area contributed by atoms with Crippen LogP contribution in [0.2, 0.25) is 5.02 Å². The lowest BCUT2D eigenvalue weighted by atomic mass is 10.2. The zero-order chi connectivity index (χ0) is 14.2. The van der Waals surface area contributed by atoms with Gasteiger partial charge in [-0.05, 0) is 30.3 Å². The van der Waals surface area contributed by atoms with Gasteiger partial charge in [0.1, 0.15) is 12.4 Å². The summed E-state index contributed by atoms with van der Waals surface area (Å²) in [6, 6.07) is 15.2. The molecule has 0 atom stereocenters. The van der Waals surface area contributed by atoms with Crippen molar-refractivity contribution >= 4 is 11.6 Å². The van der Waals surface area contributed by atoms with Crippen molar-refractivity contribution in [3.8, 4) is 17.6 Å². The fourth-order valence-electron chi connectivity index (χ4n) is 1.63. The van der Waals surface area contributed by atoms with E-state index in [1.54, 1.807) is 0 Å². The molecule has 2 aromatic rings. The Morgan fingerprint density at radius 2 is 1.80 bits per heavy atom. The summed E-state index contributed by atoms with van der Waals surface area (Å²) < 4.78 is 5.68. The maximum Gasteiger partial charge on any atom is 0.119 e. The topological polar surface area (TPSA) is 29.5 Å². The van der Waals surface area contributed by atoms with Crippen molar-refractivity contribution in [3.05, 3.63) is 64.7 Å². The third kappa shape index (κ3) is 4.31. The minimum atomic E-state index is 0.0893. The molecule has 0 spiro atoms. The number of aliphatic hydroxyl groups excluding tert-OH is 1. The molecule has 0 amide bonds. The Hall–Kier alpha value is -1.95. The summed E-state index contributed by atoms with van der Waals surface area (Å²) in [5, 5.41) is 9.36. The van der Waals surface area contributed by atoms with Crippen LogP contribution in [0.25, 0.3) is 0 Å². The Balaban J connectivity index is 1.95. The molecular formula is C17H15ClO2. The average molecular weight is 287 g/mol. The molecule has 0 heterocycles. The molecule has 0 aliphatic rings. The normalized spacial score (nSPS) is 9.70. The van der Waals surface area contributed by atoms with E-state index in [1.807, 2.05) is 48.5 Å². The van der Waals surface area contributed by atoms with E-state index in [9.17, 15) is 0 Å². The van der Waals surface area contributed by atoms with E-state index < -0.39 is 0 Å². The molecule has 0 fully saturated rings. The second-order valence-corrected chi connectivity index (χ2v) is 4.59.